The number of benzene rings is 1. The molecule has 0 radical (unpaired) electrons. The van der Waals surface area contributed by atoms with Gasteiger partial charge in [0.15, 0.2) is 5.11 Å². The molecule has 0 spiro atoms. The van der Waals surface area contributed by atoms with E-state index in [4.69, 9.17) is 12.2 Å². The zero-order valence-corrected chi connectivity index (χ0v) is 15.4. The largest absolute Gasteiger partial charge is 0.416 e. The Labute approximate surface area is 156 Å². The van der Waals surface area contributed by atoms with Crippen LogP contribution >= 0.6 is 12.2 Å². The summed E-state index contributed by atoms with van der Waals surface area (Å²) >= 11 is 5.22. The minimum atomic E-state index is -4.30. The predicted octanol–water partition coefficient (Wildman–Crippen LogP) is 3.79. The van der Waals surface area contributed by atoms with Gasteiger partial charge in [-0.1, -0.05) is 12.1 Å². The topological polar surface area (TPSA) is 49.0 Å². The quantitative estimate of drug-likeness (QED) is 0.524. The van der Waals surface area contributed by atoms with Gasteiger partial charge in [0.2, 0.25) is 0 Å². The molecule has 1 aromatic carbocycles. The first-order chi connectivity index (χ1) is 12.2. The lowest BCUT2D eigenvalue weighted by Gasteiger charge is -2.12. The zero-order valence-electron chi connectivity index (χ0n) is 14.6. The summed E-state index contributed by atoms with van der Waals surface area (Å²) in [7, 11) is 0. The van der Waals surface area contributed by atoms with Crippen LogP contribution in [0.2, 0.25) is 0 Å². The first-order valence-electron chi connectivity index (χ1n) is 8.11. The molecule has 0 saturated carbocycles. The smallest absolute Gasteiger partial charge is 0.361 e. The number of hydrogen-bond acceptors (Lipinski definition) is 3. The monoisotopic (exact) mass is 382 g/mol. The number of anilines is 1. The highest BCUT2D eigenvalue weighted by molar-refractivity contribution is 7.80. The van der Waals surface area contributed by atoms with Crippen molar-refractivity contribution < 1.29 is 13.2 Å². The second kappa shape index (κ2) is 8.95. The number of pyridine rings is 1. The minimum Gasteiger partial charge on any atom is -0.361 e. The van der Waals surface area contributed by atoms with Crippen molar-refractivity contribution in [2.24, 2.45) is 0 Å². The van der Waals surface area contributed by atoms with Crippen LogP contribution in [-0.4, -0.2) is 23.2 Å². The second-order valence-electron chi connectivity index (χ2n) is 5.92. The van der Waals surface area contributed by atoms with Gasteiger partial charge in [-0.2, -0.15) is 13.2 Å². The van der Waals surface area contributed by atoms with Gasteiger partial charge in [-0.15, -0.1) is 0 Å². The normalized spacial score (nSPS) is 11.3. The molecule has 1 aromatic heterocycles. The SMILES string of the molecule is Cc1cc(C)nc(NC(=S)NCCNCc2ccc(C(F)(F)F)cc2)c1. The summed E-state index contributed by atoms with van der Waals surface area (Å²) in [6, 6.07) is 9.01. The summed E-state index contributed by atoms with van der Waals surface area (Å²) in [5.74, 6) is 0.692. The molecule has 0 unspecified atom stereocenters. The molecule has 1 heterocycles. The molecule has 2 aromatic rings. The third kappa shape index (κ3) is 6.61. The average Bonchev–Trinajstić information content (AvgIpc) is 2.53. The molecule has 26 heavy (non-hydrogen) atoms. The maximum atomic E-state index is 12.5. The van der Waals surface area contributed by atoms with Crippen LogP contribution in [0.3, 0.4) is 0 Å². The van der Waals surface area contributed by atoms with E-state index < -0.39 is 11.7 Å². The van der Waals surface area contributed by atoms with E-state index in [1.807, 2.05) is 26.0 Å². The average molecular weight is 382 g/mol. The molecular formula is C18H21F3N4S. The molecule has 0 amide bonds. The summed E-state index contributed by atoms with van der Waals surface area (Å²) in [4.78, 5) is 4.35. The molecule has 0 aliphatic heterocycles. The van der Waals surface area contributed by atoms with E-state index >= 15 is 0 Å². The van der Waals surface area contributed by atoms with Crippen LogP contribution in [-0.2, 0) is 12.7 Å². The molecule has 0 aliphatic carbocycles. The fourth-order valence-corrected chi connectivity index (χ4v) is 2.58. The maximum Gasteiger partial charge on any atom is 0.416 e. The number of thiocarbonyl (C=S) groups is 1. The summed E-state index contributed by atoms with van der Waals surface area (Å²) < 4.78 is 37.5. The van der Waals surface area contributed by atoms with Gasteiger partial charge >= 0.3 is 6.18 Å². The molecular weight excluding hydrogens is 361 g/mol. The third-order valence-corrected chi connectivity index (χ3v) is 3.78. The number of nitrogens with one attached hydrogen (secondary N) is 3. The minimum absolute atomic E-state index is 0.471. The summed E-state index contributed by atoms with van der Waals surface area (Å²) in [5, 5.41) is 9.70. The number of rotatable bonds is 6. The van der Waals surface area contributed by atoms with Gasteiger partial charge in [0, 0.05) is 25.3 Å². The van der Waals surface area contributed by atoms with E-state index in [-0.39, 0.29) is 0 Å². The molecule has 4 nitrogen and oxygen atoms in total. The van der Waals surface area contributed by atoms with Crippen molar-refractivity contribution in [3.8, 4) is 0 Å². The Morgan fingerprint density at radius 1 is 1.08 bits per heavy atom. The van der Waals surface area contributed by atoms with Crippen LogP contribution in [0.4, 0.5) is 19.0 Å². The Morgan fingerprint density at radius 2 is 1.77 bits per heavy atom. The van der Waals surface area contributed by atoms with Gasteiger partial charge in [-0.25, -0.2) is 4.98 Å². The molecule has 8 heteroatoms. The van der Waals surface area contributed by atoms with Gasteiger partial charge < -0.3 is 16.0 Å². The molecule has 0 bridgehead atoms. The third-order valence-electron chi connectivity index (χ3n) is 3.54. The molecule has 0 aliphatic rings. The zero-order chi connectivity index (χ0) is 19.2. The van der Waals surface area contributed by atoms with Crippen LogP contribution in [0.25, 0.3) is 0 Å². The van der Waals surface area contributed by atoms with Gasteiger partial charge in [-0.3, -0.25) is 0 Å². The standard InChI is InChI=1S/C18H21F3N4S/c1-12-9-13(2)24-16(10-12)25-17(26)23-8-7-22-11-14-3-5-15(6-4-14)18(19,20)21/h3-6,9-10,22H,7-8,11H2,1-2H3,(H2,23,24,25,26). The molecule has 3 N–H and O–H groups in total. The van der Waals surface area contributed by atoms with Crippen molar-refractivity contribution in [1.82, 2.24) is 15.6 Å². The van der Waals surface area contributed by atoms with Crippen molar-refractivity contribution in [2.75, 3.05) is 18.4 Å². The van der Waals surface area contributed by atoms with E-state index in [1.165, 1.54) is 12.1 Å². The Bertz CT molecular complexity index is 725. The van der Waals surface area contributed by atoms with Gasteiger partial charge in [0.25, 0.3) is 0 Å². The van der Waals surface area contributed by atoms with Gasteiger partial charge in [0.1, 0.15) is 5.82 Å². The number of aryl methyl sites for hydroxylation is 2. The van der Waals surface area contributed by atoms with E-state index in [1.54, 1.807) is 0 Å². The summed E-state index contributed by atoms with van der Waals surface area (Å²) in [6.07, 6.45) is -4.30. The number of halogens is 3. The van der Waals surface area contributed by atoms with Crippen LogP contribution in [0.15, 0.2) is 36.4 Å². The molecule has 2 rings (SSSR count). The lowest BCUT2D eigenvalue weighted by Crippen LogP contribution is -2.34. The van der Waals surface area contributed by atoms with E-state index in [0.29, 0.717) is 30.6 Å². The molecule has 0 saturated heterocycles. The van der Waals surface area contributed by atoms with E-state index in [2.05, 4.69) is 20.9 Å². The molecule has 0 atom stereocenters. The van der Waals surface area contributed by atoms with Crippen molar-refractivity contribution in [1.29, 1.82) is 0 Å². The highest BCUT2D eigenvalue weighted by atomic mass is 32.1. The number of aromatic nitrogens is 1. The highest BCUT2D eigenvalue weighted by Gasteiger charge is 2.29. The number of hydrogen-bond donors (Lipinski definition) is 3. The first kappa shape index (κ1) is 20.1. The summed E-state index contributed by atoms with van der Waals surface area (Å²) in [5.41, 5.74) is 2.16. The lowest BCUT2D eigenvalue weighted by atomic mass is 10.1. The van der Waals surface area contributed by atoms with Crippen molar-refractivity contribution >= 4 is 23.1 Å². The molecule has 0 fully saturated rings. The Balaban J connectivity index is 1.68. The van der Waals surface area contributed by atoms with Gasteiger partial charge in [0.05, 0.1) is 5.56 Å². The fourth-order valence-electron chi connectivity index (χ4n) is 2.37. The van der Waals surface area contributed by atoms with Crippen LogP contribution < -0.4 is 16.0 Å². The van der Waals surface area contributed by atoms with Crippen molar-refractivity contribution in [3.63, 3.8) is 0 Å². The van der Waals surface area contributed by atoms with Crippen LogP contribution in [0, 0.1) is 13.8 Å². The first-order valence-corrected chi connectivity index (χ1v) is 8.52. The Hall–Kier alpha value is -2.19. The maximum absolute atomic E-state index is 12.5. The van der Waals surface area contributed by atoms with Crippen molar-refractivity contribution in [3.05, 3.63) is 58.8 Å². The number of nitrogens with zero attached hydrogens (tertiary/aromatic N) is 1. The molecule has 140 valence electrons. The number of alkyl halides is 3. The van der Waals surface area contributed by atoms with Crippen LogP contribution in [0.1, 0.15) is 22.4 Å². The predicted molar refractivity (Wildman–Crippen MR) is 101 cm³/mol. The van der Waals surface area contributed by atoms with Crippen molar-refractivity contribution in [2.45, 2.75) is 26.6 Å². The van der Waals surface area contributed by atoms with E-state index in [0.717, 1.165) is 29.0 Å². The second-order valence-corrected chi connectivity index (χ2v) is 6.33. The summed E-state index contributed by atoms with van der Waals surface area (Å²) in [6.45, 7) is 5.58. The lowest BCUT2D eigenvalue weighted by molar-refractivity contribution is -0.137. The van der Waals surface area contributed by atoms with Gasteiger partial charge in [-0.05, 0) is 61.5 Å². The highest BCUT2D eigenvalue weighted by Crippen LogP contribution is 2.28. The van der Waals surface area contributed by atoms with Crippen LogP contribution in [0.5, 0.6) is 0 Å². The Kier molecular flexibility index (Phi) is 6.93. The van der Waals surface area contributed by atoms with E-state index in [9.17, 15) is 13.2 Å². The fraction of sp³-hybridized carbons (Fsp3) is 0.333. The Morgan fingerprint density at radius 3 is 2.38 bits per heavy atom.